The number of hydrogen-bond acceptors (Lipinski definition) is 6. The molecule has 2 N–H and O–H groups in total. The topological polar surface area (TPSA) is 105 Å². The van der Waals surface area contributed by atoms with Gasteiger partial charge in [0.05, 0.1) is 24.2 Å². The van der Waals surface area contributed by atoms with Crippen LogP contribution in [0.3, 0.4) is 0 Å². The number of carbonyl (C=O) groups is 2. The van der Waals surface area contributed by atoms with Gasteiger partial charge in [-0.2, -0.15) is 0 Å². The van der Waals surface area contributed by atoms with E-state index in [2.05, 4.69) is 15.5 Å². The first-order chi connectivity index (χ1) is 9.02. The minimum Gasteiger partial charge on any atom is -0.481 e. The van der Waals surface area contributed by atoms with Gasteiger partial charge in [-0.25, -0.2) is 4.98 Å². The Morgan fingerprint density at radius 1 is 1.42 bits per heavy atom. The highest BCUT2D eigenvalue weighted by molar-refractivity contribution is 7.13. The molecular weight excluding hydrogens is 270 g/mol. The molecular formula is C11H11N3O4S. The number of carbonyl (C=O) groups excluding carboxylic acids is 1. The number of amides is 1. The number of hydrogen-bond donors (Lipinski definition) is 2. The van der Waals surface area contributed by atoms with E-state index in [1.807, 2.05) is 0 Å². The molecule has 0 aliphatic rings. The van der Waals surface area contributed by atoms with Crippen LogP contribution in [-0.4, -0.2) is 27.1 Å². The predicted molar refractivity (Wildman–Crippen MR) is 67.0 cm³/mol. The molecule has 0 spiro atoms. The lowest BCUT2D eigenvalue weighted by atomic mass is 10.3. The number of nitrogens with zero attached hydrogens (tertiary/aromatic N) is 2. The van der Waals surface area contributed by atoms with Crippen LogP contribution in [0.4, 0.5) is 5.13 Å². The first-order valence-electron chi connectivity index (χ1n) is 5.41. The van der Waals surface area contributed by atoms with Crippen molar-refractivity contribution in [3.8, 4) is 0 Å². The van der Waals surface area contributed by atoms with Crippen molar-refractivity contribution >= 4 is 28.3 Å². The standard InChI is InChI=1S/C11H11N3O4S/c1-6-2-7(14-18-6)3-9(15)13-11-12-8(5-19-11)4-10(16)17/h2,5H,3-4H2,1H3,(H,16,17)(H,12,13,15). The average molecular weight is 281 g/mol. The molecule has 0 saturated heterocycles. The van der Waals surface area contributed by atoms with Crippen molar-refractivity contribution in [2.45, 2.75) is 19.8 Å². The third-order valence-corrected chi connectivity index (χ3v) is 2.96. The molecule has 0 saturated carbocycles. The molecule has 19 heavy (non-hydrogen) atoms. The van der Waals surface area contributed by atoms with Gasteiger partial charge in [-0.1, -0.05) is 5.16 Å². The lowest BCUT2D eigenvalue weighted by molar-refractivity contribution is -0.136. The number of aliphatic carboxylic acids is 1. The Hall–Kier alpha value is -2.22. The number of aromatic nitrogens is 2. The van der Waals surface area contributed by atoms with Crippen LogP contribution in [-0.2, 0) is 22.4 Å². The molecule has 0 aliphatic heterocycles. The minimum absolute atomic E-state index is 0.0885. The molecule has 0 unspecified atom stereocenters. The van der Waals surface area contributed by atoms with Gasteiger partial charge in [-0.15, -0.1) is 11.3 Å². The van der Waals surface area contributed by atoms with Crippen molar-refractivity contribution in [3.05, 3.63) is 28.6 Å². The highest BCUT2D eigenvalue weighted by atomic mass is 32.1. The van der Waals surface area contributed by atoms with E-state index in [-0.39, 0.29) is 18.7 Å². The SMILES string of the molecule is Cc1cc(CC(=O)Nc2nc(CC(=O)O)cs2)no1. The van der Waals surface area contributed by atoms with E-state index in [9.17, 15) is 9.59 Å². The van der Waals surface area contributed by atoms with Gasteiger partial charge in [0, 0.05) is 11.4 Å². The lowest BCUT2D eigenvalue weighted by Crippen LogP contribution is -2.14. The van der Waals surface area contributed by atoms with E-state index in [1.54, 1.807) is 18.4 Å². The summed E-state index contributed by atoms with van der Waals surface area (Å²) in [5, 5.41) is 16.9. The number of carboxylic acids is 1. The van der Waals surface area contributed by atoms with Gasteiger partial charge in [-0.3, -0.25) is 9.59 Å². The van der Waals surface area contributed by atoms with Crippen LogP contribution < -0.4 is 5.32 Å². The summed E-state index contributed by atoms with van der Waals surface area (Å²) in [5.74, 6) is -0.591. The summed E-state index contributed by atoms with van der Waals surface area (Å²) in [6, 6.07) is 1.68. The number of rotatable bonds is 5. The number of nitrogens with one attached hydrogen (secondary N) is 1. The molecule has 0 fully saturated rings. The van der Waals surface area contributed by atoms with Crippen molar-refractivity contribution in [1.82, 2.24) is 10.1 Å². The summed E-state index contributed by atoms with van der Waals surface area (Å²) in [5.41, 5.74) is 0.961. The molecule has 100 valence electrons. The lowest BCUT2D eigenvalue weighted by Gasteiger charge is -1.98. The Balaban J connectivity index is 1.91. The molecule has 0 aliphatic carbocycles. The van der Waals surface area contributed by atoms with Gasteiger partial charge in [0.25, 0.3) is 0 Å². The van der Waals surface area contributed by atoms with Crippen LogP contribution in [0.2, 0.25) is 0 Å². The zero-order valence-electron chi connectivity index (χ0n) is 10.0. The molecule has 0 bridgehead atoms. The highest BCUT2D eigenvalue weighted by Gasteiger charge is 2.11. The van der Waals surface area contributed by atoms with E-state index in [1.165, 1.54) is 11.3 Å². The van der Waals surface area contributed by atoms with Gasteiger partial charge in [0.1, 0.15) is 5.76 Å². The van der Waals surface area contributed by atoms with Gasteiger partial charge in [-0.05, 0) is 6.92 Å². The van der Waals surface area contributed by atoms with Crippen molar-refractivity contribution in [3.63, 3.8) is 0 Å². The van der Waals surface area contributed by atoms with Crippen molar-refractivity contribution in [2.75, 3.05) is 5.32 Å². The Morgan fingerprint density at radius 3 is 2.84 bits per heavy atom. The molecule has 2 aromatic heterocycles. The number of aryl methyl sites for hydroxylation is 1. The van der Waals surface area contributed by atoms with Gasteiger partial charge >= 0.3 is 5.97 Å². The van der Waals surface area contributed by atoms with Crippen LogP contribution in [0.5, 0.6) is 0 Å². The quantitative estimate of drug-likeness (QED) is 0.854. The predicted octanol–water partition coefficient (Wildman–Crippen LogP) is 1.25. The van der Waals surface area contributed by atoms with Crippen LogP contribution in [0.15, 0.2) is 16.0 Å². The molecule has 2 heterocycles. The van der Waals surface area contributed by atoms with E-state index in [4.69, 9.17) is 9.63 Å². The van der Waals surface area contributed by atoms with Crippen LogP contribution in [0.25, 0.3) is 0 Å². The molecule has 7 nitrogen and oxygen atoms in total. The maximum atomic E-state index is 11.7. The van der Waals surface area contributed by atoms with Crippen molar-refractivity contribution in [2.24, 2.45) is 0 Å². The summed E-state index contributed by atoms with van der Waals surface area (Å²) in [6.45, 7) is 1.74. The summed E-state index contributed by atoms with van der Waals surface area (Å²) in [7, 11) is 0. The third-order valence-electron chi connectivity index (χ3n) is 2.15. The Bertz CT molecular complexity index is 605. The molecule has 8 heteroatoms. The highest BCUT2D eigenvalue weighted by Crippen LogP contribution is 2.16. The second-order valence-corrected chi connectivity index (χ2v) is 4.73. The summed E-state index contributed by atoms with van der Waals surface area (Å²) in [4.78, 5) is 26.2. The van der Waals surface area contributed by atoms with Gasteiger partial charge in [0.15, 0.2) is 5.13 Å². The van der Waals surface area contributed by atoms with E-state index in [0.29, 0.717) is 22.3 Å². The first kappa shape index (κ1) is 13.2. The zero-order chi connectivity index (χ0) is 13.8. The Morgan fingerprint density at radius 2 is 2.21 bits per heavy atom. The molecule has 0 radical (unpaired) electrons. The molecule has 2 rings (SSSR count). The zero-order valence-corrected chi connectivity index (χ0v) is 10.9. The summed E-state index contributed by atoms with van der Waals surface area (Å²) < 4.78 is 4.86. The Kier molecular flexibility index (Phi) is 3.91. The largest absolute Gasteiger partial charge is 0.481 e. The average Bonchev–Trinajstić information content (AvgIpc) is 2.88. The molecule has 0 atom stereocenters. The fourth-order valence-corrected chi connectivity index (χ4v) is 2.16. The summed E-state index contributed by atoms with van der Waals surface area (Å²) >= 11 is 1.19. The fourth-order valence-electron chi connectivity index (χ4n) is 1.43. The van der Waals surface area contributed by atoms with Gasteiger partial charge < -0.3 is 14.9 Å². The first-order valence-corrected chi connectivity index (χ1v) is 6.29. The third kappa shape index (κ3) is 3.88. The normalized spacial score (nSPS) is 10.4. The maximum Gasteiger partial charge on any atom is 0.309 e. The summed E-state index contributed by atoms with van der Waals surface area (Å²) in [6.07, 6.45) is -0.0694. The molecule has 1 amide bonds. The smallest absolute Gasteiger partial charge is 0.309 e. The van der Waals surface area contributed by atoms with Gasteiger partial charge in [0.2, 0.25) is 5.91 Å². The monoisotopic (exact) mass is 281 g/mol. The van der Waals surface area contributed by atoms with Crippen LogP contribution in [0, 0.1) is 6.92 Å². The van der Waals surface area contributed by atoms with E-state index in [0.717, 1.165) is 0 Å². The maximum absolute atomic E-state index is 11.7. The van der Waals surface area contributed by atoms with Crippen LogP contribution in [0.1, 0.15) is 17.1 Å². The van der Waals surface area contributed by atoms with E-state index < -0.39 is 5.97 Å². The number of thiazole rings is 1. The fraction of sp³-hybridized carbons (Fsp3) is 0.273. The van der Waals surface area contributed by atoms with Crippen LogP contribution >= 0.6 is 11.3 Å². The minimum atomic E-state index is -0.957. The van der Waals surface area contributed by atoms with Crippen molar-refractivity contribution in [1.29, 1.82) is 0 Å². The van der Waals surface area contributed by atoms with Crippen molar-refractivity contribution < 1.29 is 19.2 Å². The molecule has 0 aromatic carbocycles. The second kappa shape index (κ2) is 5.61. The molecule has 2 aromatic rings. The Labute approximate surface area is 112 Å². The van der Waals surface area contributed by atoms with E-state index >= 15 is 0 Å². The number of anilines is 1. The number of carboxylic acid groups (broad SMARTS) is 1. The second-order valence-electron chi connectivity index (χ2n) is 3.87.